The molecule has 2 aromatic rings. The lowest BCUT2D eigenvalue weighted by Crippen LogP contribution is -1.87. The summed E-state index contributed by atoms with van der Waals surface area (Å²) in [5.41, 5.74) is 7.35. The fourth-order valence-corrected chi connectivity index (χ4v) is 1.29. The Labute approximate surface area is 79.4 Å². The van der Waals surface area contributed by atoms with Crippen molar-refractivity contribution < 1.29 is 8.78 Å². The van der Waals surface area contributed by atoms with Gasteiger partial charge in [-0.05, 0) is 17.7 Å². The van der Waals surface area contributed by atoms with Crippen LogP contribution in [0.15, 0.2) is 30.6 Å². The fourth-order valence-electron chi connectivity index (χ4n) is 1.29. The van der Waals surface area contributed by atoms with Crippen LogP contribution in [-0.2, 0) is 0 Å². The lowest BCUT2D eigenvalue weighted by atomic mass is 10.1. The van der Waals surface area contributed by atoms with Crippen molar-refractivity contribution in [2.24, 2.45) is 0 Å². The summed E-state index contributed by atoms with van der Waals surface area (Å²) in [5.74, 6) is -1.73. The van der Waals surface area contributed by atoms with Gasteiger partial charge in [0.1, 0.15) is 0 Å². The second-order valence-corrected chi connectivity index (χ2v) is 2.95. The van der Waals surface area contributed by atoms with Gasteiger partial charge in [-0.15, -0.1) is 0 Å². The molecule has 0 bridgehead atoms. The van der Waals surface area contributed by atoms with Gasteiger partial charge in [0.2, 0.25) is 0 Å². The Kier molecular flexibility index (Phi) is 1.96. The Bertz CT molecular complexity index is 463. The number of anilines is 1. The van der Waals surface area contributed by atoms with E-state index in [1.54, 1.807) is 12.4 Å². The number of nitrogen functional groups attached to an aromatic ring is 1. The Balaban J connectivity index is 2.53. The first-order valence-corrected chi connectivity index (χ1v) is 4.06. The molecular weight excluding hydrogens is 186 g/mol. The van der Waals surface area contributed by atoms with E-state index in [4.69, 9.17) is 5.73 Å². The number of halogens is 2. The van der Waals surface area contributed by atoms with Crippen LogP contribution in [0.2, 0.25) is 0 Å². The first kappa shape index (κ1) is 8.74. The topological polar surface area (TPSA) is 41.8 Å². The summed E-state index contributed by atoms with van der Waals surface area (Å²) < 4.78 is 25.5. The molecule has 0 atom stereocenters. The number of H-pyrrole nitrogens is 1. The average Bonchev–Trinajstić information content (AvgIpc) is 2.57. The van der Waals surface area contributed by atoms with Crippen molar-refractivity contribution >= 4 is 5.69 Å². The van der Waals surface area contributed by atoms with Crippen molar-refractivity contribution in [1.82, 2.24) is 4.98 Å². The average molecular weight is 194 g/mol. The molecule has 0 spiro atoms. The van der Waals surface area contributed by atoms with Crippen LogP contribution in [0.4, 0.5) is 14.5 Å². The van der Waals surface area contributed by atoms with E-state index in [1.165, 1.54) is 6.07 Å². The Hall–Kier alpha value is -1.84. The van der Waals surface area contributed by atoms with E-state index in [2.05, 4.69) is 4.98 Å². The Morgan fingerprint density at radius 1 is 1.07 bits per heavy atom. The second-order valence-electron chi connectivity index (χ2n) is 2.95. The lowest BCUT2D eigenvalue weighted by molar-refractivity contribution is 0.509. The molecule has 0 amide bonds. The highest BCUT2D eigenvalue weighted by atomic mass is 19.2. The quantitative estimate of drug-likeness (QED) is 0.719. The van der Waals surface area contributed by atoms with Crippen molar-refractivity contribution in [3.8, 4) is 11.1 Å². The molecule has 3 N–H and O–H groups in total. The van der Waals surface area contributed by atoms with Gasteiger partial charge in [0, 0.05) is 18.0 Å². The van der Waals surface area contributed by atoms with Crippen LogP contribution in [0, 0.1) is 11.6 Å². The van der Waals surface area contributed by atoms with E-state index < -0.39 is 11.6 Å². The number of nitrogens with two attached hydrogens (primary N) is 1. The molecule has 0 aliphatic carbocycles. The minimum absolute atomic E-state index is 0.510. The van der Waals surface area contributed by atoms with Gasteiger partial charge in [0.05, 0.1) is 5.69 Å². The number of hydrogen-bond acceptors (Lipinski definition) is 1. The number of nitrogens with one attached hydrogen (secondary N) is 1. The molecule has 0 unspecified atom stereocenters. The van der Waals surface area contributed by atoms with Crippen LogP contribution in [0.3, 0.4) is 0 Å². The predicted molar refractivity (Wildman–Crippen MR) is 50.6 cm³/mol. The zero-order valence-corrected chi connectivity index (χ0v) is 7.22. The smallest absolute Gasteiger partial charge is 0.159 e. The summed E-state index contributed by atoms with van der Waals surface area (Å²) in [4.78, 5) is 2.79. The molecule has 0 aliphatic rings. The van der Waals surface area contributed by atoms with Crippen LogP contribution >= 0.6 is 0 Å². The summed E-state index contributed by atoms with van der Waals surface area (Å²) >= 11 is 0. The lowest BCUT2D eigenvalue weighted by Gasteiger charge is -2.00. The normalized spacial score (nSPS) is 10.4. The molecule has 14 heavy (non-hydrogen) atoms. The van der Waals surface area contributed by atoms with Crippen molar-refractivity contribution in [1.29, 1.82) is 0 Å². The minimum Gasteiger partial charge on any atom is -0.397 e. The summed E-state index contributed by atoms with van der Waals surface area (Å²) in [7, 11) is 0. The molecule has 1 aromatic carbocycles. The summed E-state index contributed by atoms with van der Waals surface area (Å²) in [6.45, 7) is 0. The van der Waals surface area contributed by atoms with E-state index >= 15 is 0 Å². The molecule has 1 aromatic heterocycles. The van der Waals surface area contributed by atoms with Crippen LogP contribution in [-0.4, -0.2) is 4.98 Å². The standard InChI is InChI=1S/C10H8F2N2/c11-8-2-1-6(3-9(8)12)7-4-14-5-10(7)13/h1-5,14H,13H2. The van der Waals surface area contributed by atoms with Gasteiger partial charge >= 0.3 is 0 Å². The number of hydrogen-bond donors (Lipinski definition) is 2. The molecule has 2 nitrogen and oxygen atoms in total. The number of aromatic amines is 1. The van der Waals surface area contributed by atoms with Gasteiger partial charge in [-0.2, -0.15) is 0 Å². The van der Waals surface area contributed by atoms with E-state index in [0.29, 0.717) is 16.8 Å². The first-order valence-electron chi connectivity index (χ1n) is 4.06. The molecule has 0 saturated heterocycles. The highest BCUT2D eigenvalue weighted by Gasteiger charge is 2.07. The van der Waals surface area contributed by atoms with Gasteiger partial charge in [0.25, 0.3) is 0 Å². The molecule has 2 rings (SSSR count). The maximum absolute atomic E-state index is 12.9. The SMILES string of the molecule is Nc1c[nH]cc1-c1ccc(F)c(F)c1. The van der Waals surface area contributed by atoms with Gasteiger partial charge in [0.15, 0.2) is 11.6 Å². The summed E-state index contributed by atoms with van der Waals surface area (Å²) in [5, 5.41) is 0. The molecule has 0 saturated carbocycles. The zero-order chi connectivity index (χ0) is 10.1. The summed E-state index contributed by atoms with van der Waals surface area (Å²) in [6.07, 6.45) is 3.23. The predicted octanol–water partition coefficient (Wildman–Crippen LogP) is 2.54. The van der Waals surface area contributed by atoms with Gasteiger partial charge in [-0.1, -0.05) is 6.07 Å². The molecule has 4 heteroatoms. The largest absolute Gasteiger partial charge is 0.397 e. The van der Waals surface area contributed by atoms with Gasteiger partial charge in [-0.3, -0.25) is 0 Å². The Morgan fingerprint density at radius 3 is 2.43 bits per heavy atom. The van der Waals surface area contributed by atoms with E-state index in [1.807, 2.05) is 0 Å². The van der Waals surface area contributed by atoms with Crippen molar-refractivity contribution in [2.45, 2.75) is 0 Å². The molecule has 0 radical (unpaired) electrons. The van der Waals surface area contributed by atoms with Crippen LogP contribution < -0.4 is 5.73 Å². The maximum atomic E-state index is 12.9. The van der Waals surface area contributed by atoms with E-state index in [-0.39, 0.29) is 0 Å². The van der Waals surface area contributed by atoms with Gasteiger partial charge in [-0.25, -0.2) is 8.78 Å². The third-order valence-electron chi connectivity index (χ3n) is 2.01. The minimum atomic E-state index is -0.872. The molecular formula is C10H8F2N2. The maximum Gasteiger partial charge on any atom is 0.159 e. The van der Waals surface area contributed by atoms with Crippen molar-refractivity contribution in [2.75, 3.05) is 5.73 Å². The Morgan fingerprint density at radius 2 is 1.86 bits per heavy atom. The van der Waals surface area contributed by atoms with Gasteiger partial charge < -0.3 is 10.7 Å². The van der Waals surface area contributed by atoms with Crippen LogP contribution in [0.25, 0.3) is 11.1 Å². The van der Waals surface area contributed by atoms with Crippen molar-refractivity contribution in [3.05, 3.63) is 42.2 Å². The molecule has 0 aliphatic heterocycles. The van der Waals surface area contributed by atoms with Crippen molar-refractivity contribution in [3.63, 3.8) is 0 Å². The number of aromatic nitrogens is 1. The molecule has 72 valence electrons. The van der Waals surface area contributed by atoms with E-state index in [0.717, 1.165) is 12.1 Å². The summed E-state index contributed by atoms with van der Waals surface area (Å²) in [6, 6.07) is 3.68. The zero-order valence-electron chi connectivity index (χ0n) is 7.22. The fraction of sp³-hybridized carbons (Fsp3) is 0. The number of benzene rings is 1. The third-order valence-corrected chi connectivity index (χ3v) is 2.01. The van der Waals surface area contributed by atoms with E-state index in [9.17, 15) is 8.78 Å². The molecule has 1 heterocycles. The number of rotatable bonds is 1. The second kappa shape index (κ2) is 3.14. The first-order chi connectivity index (χ1) is 6.68. The van der Waals surface area contributed by atoms with Crippen LogP contribution in [0.5, 0.6) is 0 Å². The molecule has 0 fully saturated rings. The highest BCUT2D eigenvalue weighted by Crippen LogP contribution is 2.26. The highest BCUT2D eigenvalue weighted by molar-refractivity contribution is 5.75. The monoisotopic (exact) mass is 194 g/mol. The van der Waals surface area contributed by atoms with Crippen LogP contribution in [0.1, 0.15) is 0 Å². The third kappa shape index (κ3) is 1.35.